The second kappa shape index (κ2) is 7.87. The Morgan fingerprint density at radius 3 is 2.46 bits per heavy atom. The van der Waals surface area contributed by atoms with Crippen molar-refractivity contribution in [3.63, 3.8) is 0 Å². The average molecular weight is 443 g/mol. The molecule has 1 fully saturated rings. The Morgan fingerprint density at radius 2 is 1.86 bits per heavy atom. The standard InChI is InChI=1S/C18H16Cl2N2O5S/c19-13-1-4-15(5-2-13)27-17-9-22(10-18(17,24)11-23)28(25,26)16-6-3-14(20)7-12(16)8-21/h1-7,17,23-24H,9-11H2/t17?,18-/m1/s1. The first-order valence-electron chi connectivity index (χ1n) is 8.15. The molecule has 7 nitrogen and oxygen atoms in total. The van der Waals surface area contributed by atoms with Crippen molar-refractivity contribution in [1.29, 1.82) is 5.26 Å². The zero-order valence-corrected chi connectivity index (χ0v) is 16.7. The molecule has 0 radical (unpaired) electrons. The van der Waals surface area contributed by atoms with Crippen molar-refractivity contribution in [2.75, 3.05) is 19.7 Å². The van der Waals surface area contributed by atoms with Gasteiger partial charge in [-0.1, -0.05) is 23.2 Å². The molecule has 2 aromatic carbocycles. The van der Waals surface area contributed by atoms with Crippen molar-refractivity contribution in [3.05, 3.63) is 58.1 Å². The zero-order valence-electron chi connectivity index (χ0n) is 14.4. The molecule has 2 N–H and O–H groups in total. The molecule has 3 rings (SSSR count). The van der Waals surface area contributed by atoms with Crippen LogP contribution in [0.15, 0.2) is 47.4 Å². The van der Waals surface area contributed by atoms with Gasteiger partial charge in [0.25, 0.3) is 0 Å². The fourth-order valence-corrected chi connectivity index (χ4v) is 4.86. The number of ether oxygens (including phenoxy) is 1. The van der Waals surface area contributed by atoms with Gasteiger partial charge < -0.3 is 14.9 Å². The predicted molar refractivity (Wildman–Crippen MR) is 103 cm³/mol. The first kappa shape index (κ1) is 20.9. The Hall–Kier alpha value is -1.86. The summed E-state index contributed by atoms with van der Waals surface area (Å²) in [5.74, 6) is 0.365. The van der Waals surface area contributed by atoms with Crippen LogP contribution in [0.5, 0.6) is 5.75 Å². The van der Waals surface area contributed by atoms with E-state index in [-0.39, 0.29) is 22.0 Å². The van der Waals surface area contributed by atoms with Crippen LogP contribution in [-0.4, -0.2) is 54.3 Å². The number of aliphatic hydroxyl groups excluding tert-OH is 1. The van der Waals surface area contributed by atoms with E-state index in [1.807, 2.05) is 6.07 Å². The van der Waals surface area contributed by atoms with E-state index in [0.29, 0.717) is 10.8 Å². The monoisotopic (exact) mass is 442 g/mol. The number of rotatable bonds is 5. The van der Waals surface area contributed by atoms with E-state index >= 15 is 0 Å². The van der Waals surface area contributed by atoms with E-state index in [0.717, 1.165) is 4.31 Å². The van der Waals surface area contributed by atoms with Crippen molar-refractivity contribution >= 4 is 33.2 Å². The molecular weight excluding hydrogens is 427 g/mol. The van der Waals surface area contributed by atoms with Gasteiger partial charge in [0.1, 0.15) is 28.4 Å². The molecule has 1 saturated heterocycles. The second-order valence-electron chi connectivity index (χ2n) is 6.37. The van der Waals surface area contributed by atoms with Crippen LogP contribution in [0, 0.1) is 11.3 Å². The van der Waals surface area contributed by atoms with E-state index in [2.05, 4.69) is 0 Å². The number of halogens is 2. The van der Waals surface area contributed by atoms with Crippen molar-refractivity contribution in [2.45, 2.75) is 16.6 Å². The number of nitriles is 1. The van der Waals surface area contributed by atoms with Crippen molar-refractivity contribution in [2.24, 2.45) is 0 Å². The molecule has 2 aromatic rings. The van der Waals surface area contributed by atoms with E-state index < -0.39 is 34.9 Å². The molecule has 10 heteroatoms. The van der Waals surface area contributed by atoms with Crippen molar-refractivity contribution < 1.29 is 23.4 Å². The van der Waals surface area contributed by atoms with E-state index in [9.17, 15) is 23.9 Å². The smallest absolute Gasteiger partial charge is 0.244 e. The fraction of sp³-hybridized carbons (Fsp3) is 0.278. The quantitative estimate of drug-likeness (QED) is 0.732. The Bertz CT molecular complexity index is 1020. The minimum Gasteiger partial charge on any atom is -0.486 e. The van der Waals surface area contributed by atoms with Gasteiger partial charge in [-0.3, -0.25) is 0 Å². The summed E-state index contributed by atoms with van der Waals surface area (Å²) in [6.45, 7) is -1.31. The first-order valence-corrected chi connectivity index (χ1v) is 10.3. The lowest BCUT2D eigenvalue weighted by Crippen LogP contribution is -2.48. The number of β-amino-alcohol motifs (C(OH)–C–C–N with tert-alkyl or cyclic N) is 1. The van der Waals surface area contributed by atoms with Crippen LogP contribution in [0.4, 0.5) is 0 Å². The molecular formula is C18H16Cl2N2O5S. The first-order chi connectivity index (χ1) is 13.2. The van der Waals surface area contributed by atoms with Crippen LogP contribution in [0.3, 0.4) is 0 Å². The highest BCUT2D eigenvalue weighted by molar-refractivity contribution is 7.89. The minimum atomic E-state index is -4.13. The molecule has 148 valence electrons. The van der Waals surface area contributed by atoms with Gasteiger partial charge in [0.05, 0.1) is 18.7 Å². The molecule has 1 aliphatic rings. The number of sulfonamides is 1. The summed E-state index contributed by atoms with van der Waals surface area (Å²) in [5.41, 5.74) is -1.92. The summed E-state index contributed by atoms with van der Waals surface area (Å²) in [6.07, 6.45) is -1.02. The van der Waals surface area contributed by atoms with Gasteiger partial charge in [-0.15, -0.1) is 0 Å². The van der Waals surface area contributed by atoms with Crippen molar-refractivity contribution in [1.82, 2.24) is 4.31 Å². The lowest BCUT2D eigenvalue weighted by Gasteiger charge is -2.27. The van der Waals surface area contributed by atoms with Gasteiger partial charge in [-0.25, -0.2) is 8.42 Å². The molecule has 0 saturated carbocycles. The molecule has 0 bridgehead atoms. The second-order valence-corrected chi connectivity index (χ2v) is 9.15. The number of hydrogen-bond acceptors (Lipinski definition) is 6. The lowest BCUT2D eigenvalue weighted by atomic mass is 10.0. The molecule has 2 atom stereocenters. The topological polar surface area (TPSA) is 111 Å². The van der Waals surface area contributed by atoms with Crippen LogP contribution in [0.1, 0.15) is 5.56 Å². The van der Waals surface area contributed by atoms with Gasteiger partial charge in [0, 0.05) is 16.6 Å². The summed E-state index contributed by atoms with van der Waals surface area (Å²) in [6, 6.07) is 12.0. The highest BCUT2D eigenvalue weighted by Gasteiger charge is 2.51. The van der Waals surface area contributed by atoms with Crippen LogP contribution in [-0.2, 0) is 10.0 Å². The number of aliphatic hydroxyl groups is 2. The lowest BCUT2D eigenvalue weighted by molar-refractivity contribution is -0.0640. The summed E-state index contributed by atoms with van der Waals surface area (Å²) >= 11 is 11.7. The SMILES string of the molecule is N#Cc1cc(Cl)ccc1S(=O)(=O)N1CC(Oc2ccc(Cl)cc2)[C@](O)(CO)C1. The van der Waals surface area contributed by atoms with E-state index in [1.165, 1.54) is 18.2 Å². The Labute approximate surface area is 172 Å². The highest BCUT2D eigenvalue weighted by atomic mass is 35.5. The molecule has 1 heterocycles. The maximum absolute atomic E-state index is 13.0. The molecule has 1 aliphatic heterocycles. The fourth-order valence-electron chi connectivity index (χ4n) is 2.94. The van der Waals surface area contributed by atoms with Crippen molar-refractivity contribution in [3.8, 4) is 11.8 Å². The third-order valence-corrected chi connectivity index (χ3v) is 6.82. The van der Waals surface area contributed by atoms with E-state index in [4.69, 9.17) is 27.9 Å². The summed E-state index contributed by atoms with van der Waals surface area (Å²) in [4.78, 5) is -0.230. The number of nitrogens with zero attached hydrogens (tertiary/aromatic N) is 2. The third-order valence-electron chi connectivity index (χ3n) is 4.46. The third kappa shape index (κ3) is 3.96. The molecule has 1 unspecified atom stereocenters. The van der Waals surface area contributed by atoms with Gasteiger partial charge in [-0.05, 0) is 42.5 Å². The van der Waals surface area contributed by atoms with Gasteiger partial charge in [0.15, 0.2) is 0 Å². The number of benzene rings is 2. The molecule has 0 spiro atoms. The minimum absolute atomic E-state index is 0.109. The average Bonchev–Trinajstić information content (AvgIpc) is 3.01. The Morgan fingerprint density at radius 1 is 1.21 bits per heavy atom. The van der Waals surface area contributed by atoms with Gasteiger partial charge in [0.2, 0.25) is 10.0 Å². The molecule has 0 aliphatic carbocycles. The molecule has 0 aromatic heterocycles. The maximum atomic E-state index is 13.0. The van der Waals surface area contributed by atoms with Crippen LogP contribution < -0.4 is 4.74 Å². The normalized spacial score (nSPS) is 22.8. The van der Waals surface area contributed by atoms with Gasteiger partial charge >= 0.3 is 0 Å². The Balaban J connectivity index is 1.91. The van der Waals surface area contributed by atoms with Crippen LogP contribution in [0.25, 0.3) is 0 Å². The Kier molecular flexibility index (Phi) is 5.87. The van der Waals surface area contributed by atoms with Gasteiger partial charge in [-0.2, -0.15) is 9.57 Å². The predicted octanol–water partition coefficient (Wildman–Crippen LogP) is 2.04. The summed E-state index contributed by atoms with van der Waals surface area (Å²) in [7, 11) is -4.13. The van der Waals surface area contributed by atoms with Crippen LogP contribution >= 0.6 is 23.2 Å². The highest BCUT2D eigenvalue weighted by Crippen LogP contribution is 2.32. The van der Waals surface area contributed by atoms with E-state index in [1.54, 1.807) is 24.3 Å². The molecule has 0 amide bonds. The van der Waals surface area contributed by atoms with Crippen LogP contribution in [0.2, 0.25) is 10.0 Å². The zero-order chi connectivity index (χ0) is 20.5. The largest absolute Gasteiger partial charge is 0.486 e. The number of hydrogen-bond donors (Lipinski definition) is 2. The summed E-state index contributed by atoms with van der Waals surface area (Å²) in [5, 5.41) is 30.4. The molecule has 28 heavy (non-hydrogen) atoms. The maximum Gasteiger partial charge on any atom is 0.244 e. The summed E-state index contributed by atoms with van der Waals surface area (Å²) < 4.78 is 32.8.